The summed E-state index contributed by atoms with van der Waals surface area (Å²) in [4.78, 5) is 11.1. The van der Waals surface area contributed by atoms with Crippen LogP contribution in [-0.4, -0.2) is 17.8 Å². The third-order valence-corrected chi connectivity index (χ3v) is 3.03. The van der Waals surface area contributed by atoms with Crippen molar-refractivity contribution < 1.29 is 4.79 Å². The maximum absolute atomic E-state index is 11.1. The van der Waals surface area contributed by atoms with E-state index < -0.39 is 0 Å². The fraction of sp³-hybridized carbons (Fsp3) is 0.900. The molecule has 0 aliphatic heterocycles. The first-order chi connectivity index (χ1) is 6.33. The number of carbonyl (C=O) groups is 1. The maximum Gasteiger partial charge on any atom is 0.220 e. The quantitative estimate of drug-likeness (QED) is 0.761. The van der Waals surface area contributed by atoms with Crippen LogP contribution in [0.15, 0.2) is 0 Å². The predicted molar refractivity (Wildman–Crippen MR) is 58.0 cm³/mol. The van der Waals surface area contributed by atoms with Crippen molar-refractivity contribution in [3.63, 3.8) is 0 Å². The zero-order valence-electron chi connectivity index (χ0n) is 8.02. The van der Waals surface area contributed by atoms with E-state index in [-0.39, 0.29) is 5.91 Å². The molecule has 0 atom stereocenters. The average Bonchev–Trinajstić information content (AvgIpc) is 2.17. The molecule has 13 heavy (non-hydrogen) atoms. The SMILES string of the molecule is O=C(CCBr)NCC1CCCCC1. The molecule has 0 aromatic carbocycles. The fourth-order valence-electron chi connectivity index (χ4n) is 1.82. The molecule has 1 saturated carbocycles. The molecule has 76 valence electrons. The van der Waals surface area contributed by atoms with Crippen LogP contribution in [0.5, 0.6) is 0 Å². The molecule has 0 saturated heterocycles. The van der Waals surface area contributed by atoms with Gasteiger partial charge in [0.2, 0.25) is 5.91 Å². The van der Waals surface area contributed by atoms with Gasteiger partial charge in [-0.3, -0.25) is 4.79 Å². The van der Waals surface area contributed by atoms with Gasteiger partial charge in [-0.05, 0) is 18.8 Å². The number of nitrogens with one attached hydrogen (secondary N) is 1. The van der Waals surface area contributed by atoms with Crippen molar-refractivity contribution in [3.8, 4) is 0 Å². The summed E-state index contributed by atoms with van der Waals surface area (Å²) < 4.78 is 0. The van der Waals surface area contributed by atoms with Gasteiger partial charge in [-0.2, -0.15) is 0 Å². The summed E-state index contributed by atoms with van der Waals surface area (Å²) in [5.41, 5.74) is 0. The molecule has 2 nitrogen and oxygen atoms in total. The van der Waals surface area contributed by atoms with Crippen LogP contribution in [0.25, 0.3) is 0 Å². The van der Waals surface area contributed by atoms with Gasteiger partial charge in [0.05, 0.1) is 0 Å². The zero-order chi connectivity index (χ0) is 9.52. The normalized spacial score (nSPS) is 18.5. The molecule has 1 rings (SSSR count). The minimum atomic E-state index is 0.183. The Hall–Kier alpha value is -0.0500. The van der Waals surface area contributed by atoms with Gasteiger partial charge in [0.15, 0.2) is 0 Å². The van der Waals surface area contributed by atoms with Crippen molar-refractivity contribution in [1.29, 1.82) is 0 Å². The fourth-order valence-corrected chi connectivity index (χ4v) is 2.18. The monoisotopic (exact) mass is 247 g/mol. The largest absolute Gasteiger partial charge is 0.356 e. The second kappa shape index (κ2) is 6.41. The molecular formula is C10H18BrNO. The Balaban J connectivity index is 2.06. The highest BCUT2D eigenvalue weighted by Gasteiger charge is 2.13. The number of rotatable bonds is 4. The Morgan fingerprint density at radius 2 is 2.00 bits per heavy atom. The summed E-state index contributed by atoms with van der Waals surface area (Å²) in [5, 5.41) is 3.75. The van der Waals surface area contributed by atoms with E-state index in [2.05, 4.69) is 21.2 Å². The molecular weight excluding hydrogens is 230 g/mol. The molecule has 1 aliphatic carbocycles. The van der Waals surface area contributed by atoms with E-state index in [9.17, 15) is 4.79 Å². The zero-order valence-corrected chi connectivity index (χ0v) is 9.61. The number of carbonyl (C=O) groups excluding carboxylic acids is 1. The lowest BCUT2D eigenvalue weighted by Gasteiger charge is -2.21. The number of hydrogen-bond acceptors (Lipinski definition) is 1. The third kappa shape index (κ3) is 4.65. The van der Waals surface area contributed by atoms with E-state index in [1.165, 1.54) is 32.1 Å². The highest BCUT2D eigenvalue weighted by atomic mass is 79.9. The minimum Gasteiger partial charge on any atom is -0.356 e. The molecule has 1 amide bonds. The number of amides is 1. The topological polar surface area (TPSA) is 29.1 Å². The van der Waals surface area contributed by atoms with E-state index in [1.807, 2.05) is 0 Å². The van der Waals surface area contributed by atoms with Gasteiger partial charge in [-0.25, -0.2) is 0 Å². The maximum atomic E-state index is 11.1. The lowest BCUT2D eigenvalue weighted by Crippen LogP contribution is -2.30. The van der Waals surface area contributed by atoms with Gasteiger partial charge in [-0.15, -0.1) is 0 Å². The molecule has 1 N–H and O–H groups in total. The Morgan fingerprint density at radius 1 is 1.31 bits per heavy atom. The lowest BCUT2D eigenvalue weighted by molar-refractivity contribution is -0.120. The third-order valence-electron chi connectivity index (χ3n) is 2.63. The molecule has 0 heterocycles. The highest BCUT2D eigenvalue weighted by Crippen LogP contribution is 2.22. The highest BCUT2D eigenvalue weighted by molar-refractivity contribution is 9.09. The average molecular weight is 248 g/mol. The first kappa shape index (κ1) is 11.0. The van der Waals surface area contributed by atoms with Crippen molar-refractivity contribution in [3.05, 3.63) is 0 Å². The number of halogens is 1. The summed E-state index contributed by atoms with van der Waals surface area (Å²) in [7, 11) is 0. The first-order valence-corrected chi connectivity index (χ1v) is 6.27. The molecule has 0 bridgehead atoms. The van der Waals surface area contributed by atoms with Gasteiger partial charge >= 0.3 is 0 Å². The van der Waals surface area contributed by atoms with E-state index in [4.69, 9.17) is 0 Å². The van der Waals surface area contributed by atoms with Gasteiger partial charge < -0.3 is 5.32 Å². The predicted octanol–water partition coefficient (Wildman–Crippen LogP) is 2.47. The molecule has 1 fully saturated rings. The van der Waals surface area contributed by atoms with E-state index >= 15 is 0 Å². The van der Waals surface area contributed by atoms with Crippen LogP contribution in [-0.2, 0) is 4.79 Å². The molecule has 0 aromatic rings. The summed E-state index contributed by atoms with van der Waals surface area (Å²) in [6.07, 6.45) is 7.28. The second-order valence-corrected chi connectivity index (χ2v) is 4.54. The van der Waals surface area contributed by atoms with Crippen LogP contribution in [0, 0.1) is 5.92 Å². The minimum absolute atomic E-state index is 0.183. The Morgan fingerprint density at radius 3 is 2.62 bits per heavy atom. The lowest BCUT2D eigenvalue weighted by atomic mass is 9.89. The molecule has 0 radical (unpaired) electrons. The van der Waals surface area contributed by atoms with Crippen molar-refractivity contribution in [2.24, 2.45) is 5.92 Å². The summed E-state index contributed by atoms with van der Waals surface area (Å²) in [6.45, 7) is 0.895. The van der Waals surface area contributed by atoms with Crippen LogP contribution in [0.4, 0.5) is 0 Å². The number of alkyl halides is 1. The molecule has 0 aromatic heterocycles. The van der Waals surface area contributed by atoms with Crippen LogP contribution < -0.4 is 5.32 Å². The van der Waals surface area contributed by atoms with Crippen LogP contribution in [0.1, 0.15) is 38.5 Å². The molecule has 3 heteroatoms. The van der Waals surface area contributed by atoms with Crippen molar-refractivity contribution in [2.45, 2.75) is 38.5 Å². The van der Waals surface area contributed by atoms with E-state index in [0.29, 0.717) is 6.42 Å². The standard InChI is InChI=1S/C10H18BrNO/c11-7-6-10(13)12-8-9-4-2-1-3-5-9/h9H,1-8H2,(H,12,13). The molecule has 0 spiro atoms. The first-order valence-electron chi connectivity index (χ1n) is 5.15. The van der Waals surface area contributed by atoms with Gasteiger partial charge in [0, 0.05) is 18.3 Å². The van der Waals surface area contributed by atoms with Crippen molar-refractivity contribution >= 4 is 21.8 Å². The molecule has 1 aliphatic rings. The smallest absolute Gasteiger partial charge is 0.220 e. The number of hydrogen-bond donors (Lipinski definition) is 1. The summed E-state index contributed by atoms with van der Waals surface area (Å²) >= 11 is 3.26. The van der Waals surface area contributed by atoms with E-state index in [0.717, 1.165) is 17.8 Å². The Kier molecular flexibility index (Phi) is 5.44. The van der Waals surface area contributed by atoms with Crippen LogP contribution >= 0.6 is 15.9 Å². The van der Waals surface area contributed by atoms with Gasteiger partial charge in [0.25, 0.3) is 0 Å². The van der Waals surface area contributed by atoms with Crippen LogP contribution in [0.3, 0.4) is 0 Å². The summed E-state index contributed by atoms with van der Waals surface area (Å²) in [5.74, 6) is 0.926. The van der Waals surface area contributed by atoms with Gasteiger partial charge in [0.1, 0.15) is 0 Å². The van der Waals surface area contributed by atoms with Crippen molar-refractivity contribution in [2.75, 3.05) is 11.9 Å². The van der Waals surface area contributed by atoms with Crippen LogP contribution in [0.2, 0.25) is 0 Å². The second-order valence-electron chi connectivity index (χ2n) is 3.75. The van der Waals surface area contributed by atoms with E-state index in [1.54, 1.807) is 0 Å². The Labute approximate surface area is 88.6 Å². The summed E-state index contributed by atoms with van der Waals surface area (Å²) in [6, 6.07) is 0. The van der Waals surface area contributed by atoms with Crippen molar-refractivity contribution in [1.82, 2.24) is 5.32 Å². The Bertz CT molecular complexity index is 155. The van der Waals surface area contributed by atoms with Gasteiger partial charge in [-0.1, -0.05) is 35.2 Å². The molecule has 0 unspecified atom stereocenters.